The van der Waals surface area contributed by atoms with Gasteiger partial charge >= 0.3 is 0 Å². The highest BCUT2D eigenvalue weighted by Gasteiger charge is 2.17. The highest BCUT2D eigenvalue weighted by Crippen LogP contribution is 2.17. The Balaban J connectivity index is 2.21. The second kappa shape index (κ2) is 6.34. The standard InChI is InChI=1S/C14H18FN5O/c1-4-6-16-13-12(15)10(5-7-17-13)14(21)18-11-8-9(2)19-20(11)3/h5,7-8H,4,6H2,1-3H3,(H,16,17)(H,18,21). The number of anilines is 2. The number of nitrogens with one attached hydrogen (secondary N) is 2. The van der Waals surface area contributed by atoms with Crippen molar-refractivity contribution in [3.05, 3.63) is 35.4 Å². The third kappa shape index (κ3) is 3.36. The summed E-state index contributed by atoms with van der Waals surface area (Å²) in [6, 6.07) is 3.07. The van der Waals surface area contributed by atoms with E-state index in [1.807, 2.05) is 13.8 Å². The average molecular weight is 291 g/mol. The van der Waals surface area contributed by atoms with Gasteiger partial charge in [-0.2, -0.15) is 5.10 Å². The molecule has 2 aromatic heterocycles. The van der Waals surface area contributed by atoms with Crippen molar-refractivity contribution in [3.63, 3.8) is 0 Å². The Labute approximate surface area is 122 Å². The molecule has 0 radical (unpaired) electrons. The van der Waals surface area contributed by atoms with E-state index in [2.05, 4.69) is 20.7 Å². The fourth-order valence-corrected chi connectivity index (χ4v) is 1.90. The van der Waals surface area contributed by atoms with E-state index in [4.69, 9.17) is 0 Å². The number of pyridine rings is 1. The molecule has 0 unspecified atom stereocenters. The monoisotopic (exact) mass is 291 g/mol. The molecule has 0 saturated heterocycles. The number of halogens is 1. The van der Waals surface area contributed by atoms with Gasteiger partial charge in [0.25, 0.3) is 5.91 Å². The molecule has 21 heavy (non-hydrogen) atoms. The van der Waals surface area contributed by atoms with Crippen molar-refractivity contribution < 1.29 is 9.18 Å². The van der Waals surface area contributed by atoms with Gasteiger partial charge in [-0.3, -0.25) is 9.48 Å². The number of aryl methyl sites for hydroxylation is 2. The van der Waals surface area contributed by atoms with Gasteiger partial charge in [0.15, 0.2) is 11.6 Å². The van der Waals surface area contributed by atoms with Crippen LogP contribution < -0.4 is 10.6 Å². The molecular weight excluding hydrogens is 273 g/mol. The predicted octanol–water partition coefficient (Wildman–Crippen LogP) is 2.34. The Bertz CT molecular complexity index is 653. The highest BCUT2D eigenvalue weighted by molar-refractivity contribution is 6.04. The number of nitrogens with zero attached hydrogens (tertiary/aromatic N) is 3. The minimum Gasteiger partial charge on any atom is -0.368 e. The number of hydrogen-bond acceptors (Lipinski definition) is 4. The van der Waals surface area contributed by atoms with Crippen molar-refractivity contribution in [2.24, 2.45) is 7.05 Å². The lowest BCUT2D eigenvalue weighted by molar-refractivity contribution is 0.102. The summed E-state index contributed by atoms with van der Waals surface area (Å²) in [5.41, 5.74) is 0.718. The lowest BCUT2D eigenvalue weighted by Crippen LogP contribution is -2.17. The molecule has 0 saturated carbocycles. The first-order valence-electron chi connectivity index (χ1n) is 6.73. The van der Waals surface area contributed by atoms with Gasteiger partial charge in [0, 0.05) is 25.9 Å². The van der Waals surface area contributed by atoms with Crippen LogP contribution in [0.25, 0.3) is 0 Å². The molecule has 2 rings (SSSR count). The summed E-state index contributed by atoms with van der Waals surface area (Å²) in [6.45, 7) is 4.37. The third-order valence-electron chi connectivity index (χ3n) is 2.92. The number of carbonyl (C=O) groups is 1. The molecule has 112 valence electrons. The summed E-state index contributed by atoms with van der Waals surface area (Å²) in [5.74, 6) is -0.581. The zero-order valence-electron chi connectivity index (χ0n) is 12.3. The van der Waals surface area contributed by atoms with Gasteiger partial charge in [-0.05, 0) is 19.4 Å². The molecule has 1 amide bonds. The van der Waals surface area contributed by atoms with Crippen LogP contribution in [-0.2, 0) is 7.05 Å². The first-order chi connectivity index (χ1) is 10.0. The van der Waals surface area contributed by atoms with E-state index in [0.717, 1.165) is 12.1 Å². The topological polar surface area (TPSA) is 71.8 Å². The summed E-state index contributed by atoms with van der Waals surface area (Å²) in [4.78, 5) is 16.1. The summed E-state index contributed by atoms with van der Waals surface area (Å²) in [7, 11) is 1.71. The van der Waals surface area contributed by atoms with E-state index in [9.17, 15) is 9.18 Å². The smallest absolute Gasteiger partial charge is 0.259 e. The average Bonchev–Trinajstić information content (AvgIpc) is 2.75. The Morgan fingerprint density at radius 2 is 2.24 bits per heavy atom. The first kappa shape index (κ1) is 15.0. The molecule has 7 heteroatoms. The maximum Gasteiger partial charge on any atom is 0.259 e. The molecule has 0 aliphatic heterocycles. The van der Waals surface area contributed by atoms with Gasteiger partial charge < -0.3 is 10.6 Å². The Hall–Kier alpha value is -2.44. The predicted molar refractivity (Wildman–Crippen MR) is 78.9 cm³/mol. The van der Waals surface area contributed by atoms with Crippen LogP contribution in [0.1, 0.15) is 29.4 Å². The van der Waals surface area contributed by atoms with E-state index in [0.29, 0.717) is 12.4 Å². The Morgan fingerprint density at radius 1 is 1.48 bits per heavy atom. The van der Waals surface area contributed by atoms with Gasteiger partial charge in [0.1, 0.15) is 5.82 Å². The molecule has 0 bridgehead atoms. The Morgan fingerprint density at radius 3 is 2.86 bits per heavy atom. The van der Waals surface area contributed by atoms with E-state index in [1.54, 1.807) is 13.1 Å². The highest BCUT2D eigenvalue weighted by atomic mass is 19.1. The van der Waals surface area contributed by atoms with E-state index in [-0.39, 0.29) is 11.4 Å². The second-order valence-corrected chi connectivity index (χ2v) is 4.70. The van der Waals surface area contributed by atoms with E-state index >= 15 is 0 Å². The largest absolute Gasteiger partial charge is 0.368 e. The number of rotatable bonds is 5. The molecule has 2 aromatic rings. The van der Waals surface area contributed by atoms with Crippen molar-refractivity contribution >= 4 is 17.5 Å². The van der Waals surface area contributed by atoms with Crippen molar-refractivity contribution in [3.8, 4) is 0 Å². The van der Waals surface area contributed by atoms with Crippen LogP contribution in [0.4, 0.5) is 16.0 Å². The maximum atomic E-state index is 14.2. The minimum atomic E-state index is -0.651. The molecule has 2 N–H and O–H groups in total. The van der Waals surface area contributed by atoms with Crippen LogP contribution >= 0.6 is 0 Å². The summed E-state index contributed by atoms with van der Waals surface area (Å²) in [5, 5.41) is 9.61. The minimum absolute atomic E-state index is 0.0533. The molecule has 0 atom stereocenters. The van der Waals surface area contributed by atoms with E-state index < -0.39 is 11.7 Å². The fourth-order valence-electron chi connectivity index (χ4n) is 1.90. The van der Waals surface area contributed by atoms with Crippen LogP contribution in [-0.4, -0.2) is 27.2 Å². The van der Waals surface area contributed by atoms with E-state index in [1.165, 1.54) is 16.9 Å². The van der Waals surface area contributed by atoms with Crippen LogP contribution in [0, 0.1) is 12.7 Å². The van der Waals surface area contributed by atoms with Crippen LogP contribution in [0.3, 0.4) is 0 Å². The van der Waals surface area contributed by atoms with Gasteiger partial charge in [-0.1, -0.05) is 6.92 Å². The second-order valence-electron chi connectivity index (χ2n) is 4.70. The molecule has 0 spiro atoms. The molecule has 0 aromatic carbocycles. The molecule has 0 aliphatic carbocycles. The molecule has 2 heterocycles. The zero-order chi connectivity index (χ0) is 15.4. The molecule has 0 fully saturated rings. The SMILES string of the molecule is CCCNc1nccc(C(=O)Nc2cc(C)nn2C)c1F. The maximum absolute atomic E-state index is 14.2. The normalized spacial score (nSPS) is 10.5. The van der Waals surface area contributed by atoms with Crippen LogP contribution in [0.2, 0.25) is 0 Å². The number of amides is 1. The molecule has 0 aliphatic rings. The van der Waals surface area contributed by atoms with Crippen molar-refractivity contribution in [2.45, 2.75) is 20.3 Å². The van der Waals surface area contributed by atoms with Gasteiger partial charge in [0.2, 0.25) is 0 Å². The van der Waals surface area contributed by atoms with Crippen LogP contribution in [0.15, 0.2) is 18.3 Å². The number of carbonyl (C=O) groups excluding carboxylic acids is 1. The van der Waals surface area contributed by atoms with Crippen LogP contribution in [0.5, 0.6) is 0 Å². The Kier molecular flexibility index (Phi) is 4.52. The van der Waals surface area contributed by atoms with Crippen molar-refractivity contribution in [2.75, 3.05) is 17.2 Å². The van der Waals surface area contributed by atoms with Gasteiger partial charge in [0.05, 0.1) is 11.3 Å². The number of hydrogen-bond donors (Lipinski definition) is 2. The van der Waals surface area contributed by atoms with Gasteiger partial charge in [-0.25, -0.2) is 9.37 Å². The lowest BCUT2D eigenvalue weighted by atomic mass is 10.2. The van der Waals surface area contributed by atoms with Crippen molar-refractivity contribution in [1.82, 2.24) is 14.8 Å². The zero-order valence-corrected chi connectivity index (χ0v) is 12.3. The number of aromatic nitrogens is 3. The third-order valence-corrected chi connectivity index (χ3v) is 2.92. The molecular formula is C14H18FN5O. The molecule has 6 nitrogen and oxygen atoms in total. The summed E-state index contributed by atoms with van der Waals surface area (Å²) >= 11 is 0. The summed E-state index contributed by atoms with van der Waals surface area (Å²) in [6.07, 6.45) is 2.25. The lowest BCUT2D eigenvalue weighted by Gasteiger charge is -2.09. The van der Waals surface area contributed by atoms with Crippen molar-refractivity contribution in [1.29, 1.82) is 0 Å². The summed E-state index contributed by atoms with van der Waals surface area (Å²) < 4.78 is 15.8. The quantitative estimate of drug-likeness (QED) is 0.887. The first-order valence-corrected chi connectivity index (χ1v) is 6.73. The van der Waals surface area contributed by atoms with Gasteiger partial charge in [-0.15, -0.1) is 0 Å². The fraction of sp³-hybridized carbons (Fsp3) is 0.357.